The molecule has 0 spiro atoms. The number of rotatable bonds is 6. The van der Waals surface area contributed by atoms with E-state index < -0.39 is 12.0 Å². The molecule has 120 valence electrons. The van der Waals surface area contributed by atoms with Gasteiger partial charge in [-0.05, 0) is 37.6 Å². The smallest absolute Gasteiger partial charge is 0.320 e. The second-order valence-corrected chi connectivity index (χ2v) is 4.86. The molecule has 0 amide bonds. The zero-order valence-electron chi connectivity index (χ0n) is 11.6. The Bertz CT molecular complexity index is 445. The lowest BCUT2D eigenvalue weighted by atomic mass is 10.1. The first-order valence-corrected chi connectivity index (χ1v) is 6.76. The van der Waals surface area contributed by atoms with Gasteiger partial charge in [0, 0.05) is 10.6 Å². The second kappa shape index (κ2) is 12.6. The molecule has 0 aliphatic heterocycles. The Morgan fingerprint density at radius 3 is 2.38 bits per heavy atom. The van der Waals surface area contributed by atoms with Crippen molar-refractivity contribution in [1.82, 2.24) is 6.15 Å². The summed E-state index contributed by atoms with van der Waals surface area (Å²) in [5.74, 6) is -0.933. The quantitative estimate of drug-likeness (QED) is 0.464. The summed E-state index contributed by atoms with van der Waals surface area (Å²) in [4.78, 5) is 20.3. The van der Waals surface area contributed by atoms with Crippen LogP contribution in [0, 0.1) is 0 Å². The number of unbranched alkanes of at least 4 members (excludes halogenated alkanes) is 1. The summed E-state index contributed by atoms with van der Waals surface area (Å²) in [6.45, 7) is 0.604. The van der Waals surface area contributed by atoms with Crippen molar-refractivity contribution in [3.05, 3.63) is 33.8 Å². The summed E-state index contributed by atoms with van der Waals surface area (Å²) in [6, 6.07) is 4.02. The van der Waals surface area contributed by atoms with Crippen LogP contribution in [0.4, 0.5) is 0 Å². The number of carbonyl (C=O) groups excluding carboxylic acids is 1. The summed E-state index contributed by atoms with van der Waals surface area (Å²) in [6.07, 6.45) is 2.86. The molecule has 0 radical (unpaired) electrons. The maximum absolute atomic E-state index is 10.2. The number of carboxylic acid groups (broad SMARTS) is 1. The molecule has 0 fully saturated rings. The highest BCUT2D eigenvalue weighted by Crippen LogP contribution is 2.18. The maximum atomic E-state index is 10.2. The van der Waals surface area contributed by atoms with Gasteiger partial charge in [0.25, 0.3) is 0 Å². The Labute approximate surface area is 134 Å². The lowest BCUT2D eigenvalue weighted by Crippen LogP contribution is -2.29. The number of aldehydes is 1. The van der Waals surface area contributed by atoms with Crippen molar-refractivity contribution < 1.29 is 14.7 Å². The predicted molar refractivity (Wildman–Crippen MR) is 85.4 cm³/mol. The standard InChI is InChI=1S/C7H4Cl2O.C6H14N2O2.H3N/c8-6-2-1-5(4-10)7(9)3-6;7-4-2-1-3-5(8)6(9)10;/h1-4H;5H,1-4,7-8H2,(H,9,10);1H3/t;5-;/m.0./s1. The molecule has 0 saturated heterocycles. The van der Waals surface area contributed by atoms with E-state index in [2.05, 4.69) is 0 Å². The Kier molecular flexibility index (Phi) is 13.2. The minimum absolute atomic E-state index is 0. The van der Waals surface area contributed by atoms with E-state index in [-0.39, 0.29) is 6.15 Å². The lowest BCUT2D eigenvalue weighted by molar-refractivity contribution is -0.138. The highest BCUT2D eigenvalue weighted by atomic mass is 35.5. The van der Waals surface area contributed by atoms with E-state index in [4.69, 9.17) is 39.8 Å². The second-order valence-electron chi connectivity index (χ2n) is 4.01. The number of carboxylic acids is 1. The van der Waals surface area contributed by atoms with E-state index >= 15 is 0 Å². The van der Waals surface area contributed by atoms with Gasteiger partial charge in [0.05, 0.1) is 5.02 Å². The molecule has 1 atom stereocenters. The number of hydrogen-bond acceptors (Lipinski definition) is 5. The first-order chi connectivity index (χ1) is 9.42. The van der Waals surface area contributed by atoms with E-state index in [1.54, 1.807) is 12.1 Å². The molecule has 1 rings (SSSR count). The van der Waals surface area contributed by atoms with Crippen molar-refractivity contribution in [2.24, 2.45) is 11.5 Å². The van der Waals surface area contributed by atoms with E-state index in [1.807, 2.05) is 0 Å². The minimum Gasteiger partial charge on any atom is -0.480 e. The van der Waals surface area contributed by atoms with Crippen LogP contribution in [0.15, 0.2) is 18.2 Å². The van der Waals surface area contributed by atoms with Crippen LogP contribution in [0.3, 0.4) is 0 Å². The number of benzene rings is 1. The number of halogens is 2. The first kappa shape index (κ1) is 22.1. The molecular weight excluding hydrogens is 317 g/mol. The summed E-state index contributed by atoms with van der Waals surface area (Å²) in [5.41, 5.74) is 10.9. The van der Waals surface area contributed by atoms with Crippen LogP contribution in [0.1, 0.15) is 29.6 Å². The third kappa shape index (κ3) is 10.2. The van der Waals surface area contributed by atoms with Crippen LogP contribution in [-0.2, 0) is 4.79 Å². The van der Waals surface area contributed by atoms with Crippen LogP contribution in [0.25, 0.3) is 0 Å². The third-order valence-corrected chi connectivity index (χ3v) is 2.94. The summed E-state index contributed by atoms with van der Waals surface area (Å²) < 4.78 is 0. The predicted octanol–water partition coefficient (Wildman–Crippen LogP) is 2.50. The minimum atomic E-state index is -0.933. The molecule has 0 aromatic heterocycles. The molecule has 0 saturated carbocycles. The fraction of sp³-hybridized carbons (Fsp3) is 0.385. The molecule has 6 nitrogen and oxygen atoms in total. The monoisotopic (exact) mass is 337 g/mol. The van der Waals surface area contributed by atoms with Crippen molar-refractivity contribution >= 4 is 35.5 Å². The highest BCUT2D eigenvalue weighted by molar-refractivity contribution is 6.36. The molecule has 0 heterocycles. The van der Waals surface area contributed by atoms with Crippen LogP contribution in [0.5, 0.6) is 0 Å². The zero-order chi connectivity index (χ0) is 15.5. The molecule has 0 aliphatic carbocycles. The molecule has 0 unspecified atom stereocenters. The number of carbonyl (C=O) groups is 2. The van der Waals surface area contributed by atoms with Gasteiger partial charge in [-0.25, -0.2) is 0 Å². The van der Waals surface area contributed by atoms with Gasteiger partial charge in [0.15, 0.2) is 6.29 Å². The fourth-order valence-corrected chi connectivity index (χ4v) is 1.68. The maximum Gasteiger partial charge on any atom is 0.320 e. The van der Waals surface area contributed by atoms with Crippen molar-refractivity contribution in [1.29, 1.82) is 0 Å². The van der Waals surface area contributed by atoms with Gasteiger partial charge in [-0.3, -0.25) is 9.59 Å². The number of hydrogen-bond donors (Lipinski definition) is 4. The topological polar surface area (TPSA) is 141 Å². The molecule has 21 heavy (non-hydrogen) atoms. The van der Waals surface area contributed by atoms with E-state index in [0.717, 1.165) is 12.8 Å². The lowest BCUT2D eigenvalue weighted by Gasteiger charge is -2.03. The summed E-state index contributed by atoms with van der Waals surface area (Å²) in [7, 11) is 0. The van der Waals surface area contributed by atoms with Crippen molar-refractivity contribution in [2.45, 2.75) is 25.3 Å². The normalized spacial score (nSPS) is 10.7. The Hall–Kier alpha value is -1.18. The molecule has 8 N–H and O–H groups in total. The van der Waals surface area contributed by atoms with Gasteiger partial charge >= 0.3 is 5.97 Å². The molecule has 1 aromatic rings. The highest BCUT2D eigenvalue weighted by Gasteiger charge is 2.09. The van der Waals surface area contributed by atoms with E-state index in [0.29, 0.717) is 34.9 Å². The summed E-state index contributed by atoms with van der Waals surface area (Å²) in [5, 5.41) is 9.25. The van der Waals surface area contributed by atoms with Crippen molar-refractivity contribution in [3.63, 3.8) is 0 Å². The number of nitrogens with two attached hydrogens (primary N) is 2. The third-order valence-electron chi connectivity index (χ3n) is 2.38. The average Bonchev–Trinajstić information content (AvgIpc) is 2.39. The van der Waals surface area contributed by atoms with Gasteiger partial charge in [0.2, 0.25) is 0 Å². The first-order valence-electron chi connectivity index (χ1n) is 6.01. The SMILES string of the molecule is N.NCCCC[C@H](N)C(=O)O.O=Cc1ccc(Cl)cc1Cl. The van der Waals surface area contributed by atoms with Gasteiger partial charge in [-0.2, -0.15) is 0 Å². The Morgan fingerprint density at radius 1 is 1.33 bits per heavy atom. The van der Waals surface area contributed by atoms with Crippen LogP contribution >= 0.6 is 23.2 Å². The van der Waals surface area contributed by atoms with Crippen LogP contribution < -0.4 is 17.6 Å². The van der Waals surface area contributed by atoms with Gasteiger partial charge in [-0.15, -0.1) is 0 Å². The Morgan fingerprint density at radius 2 is 1.95 bits per heavy atom. The molecule has 0 aliphatic rings. The van der Waals surface area contributed by atoms with E-state index in [1.165, 1.54) is 6.07 Å². The van der Waals surface area contributed by atoms with Crippen molar-refractivity contribution in [3.8, 4) is 0 Å². The average molecular weight is 338 g/mol. The molecular formula is C13H21Cl2N3O3. The largest absolute Gasteiger partial charge is 0.480 e. The van der Waals surface area contributed by atoms with Crippen LogP contribution in [0.2, 0.25) is 10.0 Å². The molecule has 1 aromatic carbocycles. The van der Waals surface area contributed by atoms with E-state index in [9.17, 15) is 9.59 Å². The van der Waals surface area contributed by atoms with Gasteiger partial charge in [0.1, 0.15) is 6.04 Å². The van der Waals surface area contributed by atoms with Gasteiger partial charge in [-0.1, -0.05) is 29.6 Å². The summed E-state index contributed by atoms with van der Waals surface area (Å²) >= 11 is 11.2. The Balaban J connectivity index is 0. The van der Waals surface area contributed by atoms with Crippen molar-refractivity contribution in [2.75, 3.05) is 6.54 Å². The molecule has 0 bridgehead atoms. The van der Waals surface area contributed by atoms with Gasteiger partial charge < -0.3 is 22.7 Å². The van der Waals surface area contributed by atoms with Crippen LogP contribution in [-0.4, -0.2) is 29.9 Å². The zero-order valence-corrected chi connectivity index (χ0v) is 13.1. The molecule has 8 heteroatoms. The fourth-order valence-electron chi connectivity index (χ4n) is 1.23. The number of aliphatic carboxylic acids is 1.